The molecule has 1 aromatic rings. The van der Waals surface area contributed by atoms with Crippen LogP contribution in [0.25, 0.3) is 0 Å². The second-order valence-corrected chi connectivity index (χ2v) is 4.78. The topological polar surface area (TPSA) is 45.0 Å². The van der Waals surface area contributed by atoms with Crippen LogP contribution in [0.3, 0.4) is 0 Å². The second kappa shape index (κ2) is 5.09. The zero-order valence-electron chi connectivity index (χ0n) is 10.4. The summed E-state index contributed by atoms with van der Waals surface area (Å²) >= 11 is 0. The predicted molar refractivity (Wildman–Crippen MR) is 68.1 cm³/mol. The lowest BCUT2D eigenvalue weighted by atomic mass is 10.1. The monoisotopic (exact) mass is 230 g/mol. The van der Waals surface area contributed by atoms with Crippen molar-refractivity contribution >= 4 is 5.69 Å². The van der Waals surface area contributed by atoms with Crippen molar-refractivity contribution in [3.63, 3.8) is 0 Å². The molecule has 1 saturated carbocycles. The van der Waals surface area contributed by atoms with Crippen LogP contribution in [0.2, 0.25) is 0 Å². The van der Waals surface area contributed by atoms with E-state index in [1.807, 2.05) is 12.1 Å². The van der Waals surface area contributed by atoms with E-state index < -0.39 is 0 Å². The summed E-state index contributed by atoms with van der Waals surface area (Å²) in [6.45, 7) is 2.28. The molecule has 2 unspecified atom stereocenters. The Hall–Kier alpha value is -1.69. The van der Waals surface area contributed by atoms with Gasteiger partial charge in [-0.05, 0) is 37.3 Å². The number of ether oxygens (including phenoxy) is 1. The van der Waals surface area contributed by atoms with Crippen LogP contribution < -0.4 is 10.1 Å². The number of hydrogen-bond donors (Lipinski definition) is 1. The van der Waals surface area contributed by atoms with Gasteiger partial charge in [0.15, 0.2) is 0 Å². The Morgan fingerprint density at radius 3 is 2.82 bits per heavy atom. The van der Waals surface area contributed by atoms with Gasteiger partial charge < -0.3 is 10.1 Å². The molecule has 2 atom stereocenters. The van der Waals surface area contributed by atoms with E-state index >= 15 is 0 Å². The third-order valence-corrected chi connectivity index (χ3v) is 3.40. The molecule has 0 spiro atoms. The minimum absolute atomic E-state index is 0.490. The van der Waals surface area contributed by atoms with Crippen molar-refractivity contribution in [3.8, 4) is 11.8 Å². The highest BCUT2D eigenvalue weighted by Gasteiger charge is 2.21. The van der Waals surface area contributed by atoms with E-state index in [1.165, 1.54) is 19.3 Å². The van der Waals surface area contributed by atoms with Crippen molar-refractivity contribution in [2.75, 3.05) is 12.4 Å². The van der Waals surface area contributed by atoms with Crippen LogP contribution in [0.1, 0.15) is 31.7 Å². The van der Waals surface area contributed by atoms with Gasteiger partial charge >= 0.3 is 0 Å². The molecule has 1 aromatic carbocycles. The van der Waals surface area contributed by atoms with Crippen LogP contribution in [0.15, 0.2) is 18.2 Å². The number of nitrogens with zero attached hydrogens (tertiary/aromatic N) is 1. The van der Waals surface area contributed by atoms with Crippen molar-refractivity contribution in [1.82, 2.24) is 0 Å². The highest BCUT2D eigenvalue weighted by Crippen LogP contribution is 2.30. The first-order valence-corrected chi connectivity index (χ1v) is 6.07. The maximum atomic E-state index is 9.08. The van der Waals surface area contributed by atoms with Crippen LogP contribution in [0.5, 0.6) is 5.75 Å². The molecule has 2 rings (SSSR count). The van der Waals surface area contributed by atoms with E-state index in [2.05, 4.69) is 18.3 Å². The van der Waals surface area contributed by atoms with Crippen molar-refractivity contribution in [1.29, 1.82) is 5.26 Å². The summed E-state index contributed by atoms with van der Waals surface area (Å²) in [5.41, 5.74) is 1.58. The molecule has 1 fully saturated rings. The van der Waals surface area contributed by atoms with E-state index in [1.54, 1.807) is 13.2 Å². The molecule has 1 N–H and O–H groups in total. The van der Waals surface area contributed by atoms with Crippen molar-refractivity contribution in [2.45, 2.75) is 32.2 Å². The largest absolute Gasteiger partial charge is 0.497 e. The van der Waals surface area contributed by atoms with Crippen LogP contribution in [-0.2, 0) is 0 Å². The van der Waals surface area contributed by atoms with E-state index in [0.717, 1.165) is 17.4 Å². The standard InChI is InChI=1S/C14H18N2O/c1-10-3-5-12(7-10)16-14-8-13(17-2)6-4-11(14)9-15/h4,6,8,10,12,16H,3,5,7H2,1-2H3. The number of anilines is 1. The molecule has 3 nitrogen and oxygen atoms in total. The molecular weight excluding hydrogens is 212 g/mol. The first-order valence-electron chi connectivity index (χ1n) is 6.07. The molecule has 0 bridgehead atoms. The molecular formula is C14H18N2O. The van der Waals surface area contributed by atoms with Gasteiger partial charge in [0.1, 0.15) is 11.8 Å². The maximum absolute atomic E-state index is 9.08. The zero-order chi connectivity index (χ0) is 12.3. The second-order valence-electron chi connectivity index (χ2n) is 4.78. The molecule has 0 radical (unpaired) electrons. The summed E-state index contributed by atoms with van der Waals surface area (Å²) < 4.78 is 5.19. The molecule has 1 aliphatic carbocycles. The summed E-state index contributed by atoms with van der Waals surface area (Å²) in [5, 5.41) is 12.5. The molecule has 1 aliphatic rings. The Morgan fingerprint density at radius 1 is 1.41 bits per heavy atom. The fourth-order valence-corrected chi connectivity index (χ4v) is 2.43. The minimum atomic E-state index is 0.490. The summed E-state index contributed by atoms with van der Waals surface area (Å²) in [7, 11) is 1.64. The van der Waals surface area contributed by atoms with E-state index in [4.69, 9.17) is 10.00 Å². The Bertz CT molecular complexity index is 436. The van der Waals surface area contributed by atoms with E-state index in [9.17, 15) is 0 Å². The minimum Gasteiger partial charge on any atom is -0.497 e. The number of rotatable bonds is 3. The Balaban J connectivity index is 2.16. The Labute approximate surface area is 102 Å². The van der Waals surface area contributed by atoms with Crippen LogP contribution in [-0.4, -0.2) is 13.2 Å². The fourth-order valence-electron chi connectivity index (χ4n) is 2.43. The molecule has 17 heavy (non-hydrogen) atoms. The summed E-state index contributed by atoms with van der Waals surface area (Å²) in [6, 6.07) is 8.23. The highest BCUT2D eigenvalue weighted by atomic mass is 16.5. The lowest BCUT2D eigenvalue weighted by molar-refractivity contribution is 0.415. The van der Waals surface area contributed by atoms with Gasteiger partial charge in [0.25, 0.3) is 0 Å². The number of benzene rings is 1. The van der Waals surface area contributed by atoms with Gasteiger partial charge in [-0.3, -0.25) is 0 Å². The maximum Gasteiger partial charge on any atom is 0.121 e. The SMILES string of the molecule is COc1ccc(C#N)c(NC2CCC(C)C2)c1. The van der Waals surface area contributed by atoms with Gasteiger partial charge in [-0.2, -0.15) is 5.26 Å². The van der Waals surface area contributed by atoms with Gasteiger partial charge in [-0.25, -0.2) is 0 Å². The Kier molecular flexibility index (Phi) is 3.53. The fraction of sp³-hybridized carbons (Fsp3) is 0.500. The van der Waals surface area contributed by atoms with Gasteiger partial charge in [0, 0.05) is 12.1 Å². The molecule has 0 heterocycles. The smallest absolute Gasteiger partial charge is 0.121 e. The first kappa shape index (κ1) is 11.8. The summed E-state index contributed by atoms with van der Waals surface area (Å²) in [4.78, 5) is 0. The van der Waals surface area contributed by atoms with Gasteiger partial charge in [-0.1, -0.05) is 6.92 Å². The van der Waals surface area contributed by atoms with Gasteiger partial charge in [0.05, 0.1) is 18.4 Å². The molecule has 90 valence electrons. The van der Waals surface area contributed by atoms with Crippen molar-refractivity contribution < 1.29 is 4.74 Å². The molecule has 0 aromatic heterocycles. The average Bonchev–Trinajstić information content (AvgIpc) is 2.74. The van der Waals surface area contributed by atoms with Crippen molar-refractivity contribution in [2.24, 2.45) is 5.92 Å². The predicted octanol–water partition coefficient (Wildman–Crippen LogP) is 3.17. The number of nitrogens with one attached hydrogen (secondary N) is 1. The highest BCUT2D eigenvalue weighted by molar-refractivity contribution is 5.60. The quantitative estimate of drug-likeness (QED) is 0.867. The van der Waals surface area contributed by atoms with Crippen LogP contribution in [0.4, 0.5) is 5.69 Å². The van der Waals surface area contributed by atoms with Crippen LogP contribution in [0, 0.1) is 17.2 Å². The summed E-state index contributed by atoms with van der Waals surface area (Å²) in [5.74, 6) is 1.57. The van der Waals surface area contributed by atoms with Crippen LogP contribution >= 0.6 is 0 Å². The number of hydrogen-bond acceptors (Lipinski definition) is 3. The average molecular weight is 230 g/mol. The first-order chi connectivity index (χ1) is 8.22. The summed E-state index contributed by atoms with van der Waals surface area (Å²) in [6.07, 6.45) is 3.63. The third-order valence-electron chi connectivity index (χ3n) is 3.40. The lowest BCUT2D eigenvalue weighted by Gasteiger charge is -2.16. The zero-order valence-corrected chi connectivity index (χ0v) is 10.4. The van der Waals surface area contributed by atoms with E-state index in [-0.39, 0.29) is 0 Å². The Morgan fingerprint density at radius 2 is 2.24 bits per heavy atom. The number of methoxy groups -OCH3 is 1. The van der Waals surface area contributed by atoms with Gasteiger partial charge in [-0.15, -0.1) is 0 Å². The van der Waals surface area contributed by atoms with Crippen molar-refractivity contribution in [3.05, 3.63) is 23.8 Å². The third kappa shape index (κ3) is 2.71. The molecule has 0 aliphatic heterocycles. The number of nitriles is 1. The molecule has 0 saturated heterocycles. The normalized spacial score (nSPS) is 23.1. The lowest BCUT2D eigenvalue weighted by Crippen LogP contribution is -2.16. The van der Waals surface area contributed by atoms with E-state index in [0.29, 0.717) is 11.6 Å². The van der Waals surface area contributed by atoms with Gasteiger partial charge in [0.2, 0.25) is 0 Å². The molecule has 0 amide bonds. The molecule has 3 heteroatoms.